The Balaban J connectivity index is 2.49. The molecule has 4 heteroatoms. The SMILES string of the molecule is COC(=O)C[C@H](C)[C@@H]1CC[C@H](C)c2c1cc(C)c(OC)c2OC. The second kappa shape index (κ2) is 7.24. The summed E-state index contributed by atoms with van der Waals surface area (Å²) in [6.07, 6.45) is 2.62. The molecule has 0 heterocycles. The molecule has 1 aliphatic rings. The molecule has 0 saturated heterocycles. The summed E-state index contributed by atoms with van der Waals surface area (Å²) in [5.74, 6) is 2.54. The predicted octanol–water partition coefficient (Wildman–Crippen LogP) is 4.19. The van der Waals surface area contributed by atoms with Gasteiger partial charge in [-0.15, -0.1) is 0 Å². The van der Waals surface area contributed by atoms with Gasteiger partial charge in [-0.3, -0.25) is 4.79 Å². The number of fused-ring (bicyclic) bond motifs is 1. The number of benzene rings is 1. The van der Waals surface area contributed by atoms with Gasteiger partial charge in [0.15, 0.2) is 11.5 Å². The van der Waals surface area contributed by atoms with Crippen LogP contribution in [-0.4, -0.2) is 27.3 Å². The maximum atomic E-state index is 11.7. The Morgan fingerprint density at radius 1 is 1.22 bits per heavy atom. The summed E-state index contributed by atoms with van der Waals surface area (Å²) in [5.41, 5.74) is 3.62. The van der Waals surface area contributed by atoms with E-state index in [4.69, 9.17) is 14.2 Å². The molecule has 1 aromatic rings. The monoisotopic (exact) mass is 320 g/mol. The van der Waals surface area contributed by atoms with Gasteiger partial charge in [-0.1, -0.05) is 19.9 Å². The molecular formula is C19H28O4. The first-order valence-corrected chi connectivity index (χ1v) is 8.26. The predicted molar refractivity (Wildman–Crippen MR) is 90.5 cm³/mol. The molecule has 23 heavy (non-hydrogen) atoms. The number of hydrogen-bond donors (Lipinski definition) is 0. The fourth-order valence-electron chi connectivity index (χ4n) is 3.89. The Kier molecular flexibility index (Phi) is 5.55. The number of rotatable bonds is 5. The maximum absolute atomic E-state index is 11.7. The quantitative estimate of drug-likeness (QED) is 0.763. The van der Waals surface area contributed by atoms with Crippen LogP contribution in [0.3, 0.4) is 0 Å². The second-order valence-electron chi connectivity index (χ2n) is 6.61. The largest absolute Gasteiger partial charge is 0.493 e. The van der Waals surface area contributed by atoms with Gasteiger partial charge >= 0.3 is 5.97 Å². The summed E-state index contributed by atoms with van der Waals surface area (Å²) in [7, 11) is 4.83. The van der Waals surface area contributed by atoms with Gasteiger partial charge in [0.05, 0.1) is 21.3 Å². The highest BCUT2D eigenvalue weighted by Crippen LogP contribution is 2.50. The first-order chi connectivity index (χ1) is 10.9. The lowest BCUT2D eigenvalue weighted by molar-refractivity contribution is -0.141. The third kappa shape index (κ3) is 3.31. The summed E-state index contributed by atoms with van der Waals surface area (Å²) in [5, 5.41) is 0. The van der Waals surface area contributed by atoms with Gasteiger partial charge in [0, 0.05) is 12.0 Å². The van der Waals surface area contributed by atoms with Crippen LogP contribution in [0.2, 0.25) is 0 Å². The van der Waals surface area contributed by atoms with Crippen LogP contribution in [0.15, 0.2) is 6.07 Å². The van der Waals surface area contributed by atoms with Crippen molar-refractivity contribution < 1.29 is 19.0 Å². The van der Waals surface area contributed by atoms with E-state index in [2.05, 4.69) is 19.9 Å². The summed E-state index contributed by atoms with van der Waals surface area (Å²) in [6, 6.07) is 2.21. The molecule has 0 spiro atoms. The van der Waals surface area contributed by atoms with Crippen molar-refractivity contribution in [3.63, 3.8) is 0 Å². The minimum Gasteiger partial charge on any atom is -0.493 e. The van der Waals surface area contributed by atoms with Crippen molar-refractivity contribution in [2.75, 3.05) is 21.3 Å². The molecule has 0 radical (unpaired) electrons. The Morgan fingerprint density at radius 3 is 2.43 bits per heavy atom. The first-order valence-electron chi connectivity index (χ1n) is 8.26. The fraction of sp³-hybridized carbons (Fsp3) is 0.632. The molecule has 0 unspecified atom stereocenters. The zero-order valence-electron chi connectivity index (χ0n) is 15.1. The van der Waals surface area contributed by atoms with Crippen molar-refractivity contribution in [3.8, 4) is 11.5 Å². The molecule has 0 bridgehead atoms. The van der Waals surface area contributed by atoms with Crippen LogP contribution in [0, 0.1) is 12.8 Å². The van der Waals surface area contributed by atoms with Crippen LogP contribution < -0.4 is 9.47 Å². The van der Waals surface area contributed by atoms with Crippen LogP contribution >= 0.6 is 0 Å². The van der Waals surface area contributed by atoms with E-state index in [1.807, 2.05) is 6.92 Å². The fourth-order valence-corrected chi connectivity index (χ4v) is 3.89. The third-order valence-electron chi connectivity index (χ3n) is 5.11. The van der Waals surface area contributed by atoms with Crippen LogP contribution in [0.1, 0.15) is 61.6 Å². The molecule has 3 atom stereocenters. The van der Waals surface area contributed by atoms with Crippen LogP contribution in [0.25, 0.3) is 0 Å². The molecule has 0 fully saturated rings. The number of carbonyl (C=O) groups excluding carboxylic acids is 1. The Labute approximate surface area is 139 Å². The molecule has 0 amide bonds. The normalized spacial score (nSPS) is 21.3. The van der Waals surface area contributed by atoms with E-state index in [0.29, 0.717) is 18.3 Å². The van der Waals surface area contributed by atoms with E-state index in [-0.39, 0.29) is 11.9 Å². The summed E-state index contributed by atoms with van der Waals surface area (Å²) >= 11 is 0. The Bertz CT molecular complexity index is 579. The minimum atomic E-state index is -0.144. The molecule has 0 saturated carbocycles. The zero-order valence-corrected chi connectivity index (χ0v) is 15.1. The number of esters is 1. The molecule has 4 nitrogen and oxygen atoms in total. The van der Waals surface area contributed by atoms with Gasteiger partial charge in [-0.2, -0.15) is 0 Å². The van der Waals surface area contributed by atoms with Crippen molar-refractivity contribution in [2.45, 2.75) is 51.9 Å². The average Bonchev–Trinajstić information content (AvgIpc) is 2.53. The van der Waals surface area contributed by atoms with Crippen molar-refractivity contribution in [1.82, 2.24) is 0 Å². The Hall–Kier alpha value is -1.71. The van der Waals surface area contributed by atoms with Crippen LogP contribution in [0.5, 0.6) is 11.5 Å². The Morgan fingerprint density at radius 2 is 1.87 bits per heavy atom. The van der Waals surface area contributed by atoms with E-state index < -0.39 is 0 Å². The molecule has 2 rings (SSSR count). The van der Waals surface area contributed by atoms with E-state index in [1.54, 1.807) is 14.2 Å². The topological polar surface area (TPSA) is 44.8 Å². The van der Waals surface area contributed by atoms with Gasteiger partial charge < -0.3 is 14.2 Å². The molecule has 0 aliphatic heterocycles. The summed E-state index contributed by atoms with van der Waals surface area (Å²) < 4.78 is 16.1. The number of carbonyl (C=O) groups is 1. The zero-order chi connectivity index (χ0) is 17.1. The van der Waals surface area contributed by atoms with Gasteiger partial charge in [-0.05, 0) is 48.6 Å². The lowest BCUT2D eigenvalue weighted by atomic mass is 9.71. The second-order valence-corrected chi connectivity index (χ2v) is 6.61. The number of methoxy groups -OCH3 is 3. The number of aryl methyl sites for hydroxylation is 1. The molecule has 128 valence electrons. The van der Waals surface area contributed by atoms with Gasteiger partial charge in [0.1, 0.15) is 0 Å². The van der Waals surface area contributed by atoms with E-state index in [0.717, 1.165) is 29.9 Å². The van der Waals surface area contributed by atoms with Crippen LogP contribution in [-0.2, 0) is 9.53 Å². The van der Waals surface area contributed by atoms with Gasteiger partial charge in [-0.25, -0.2) is 0 Å². The molecule has 1 aliphatic carbocycles. The van der Waals surface area contributed by atoms with Crippen molar-refractivity contribution in [3.05, 3.63) is 22.8 Å². The molecule has 0 aromatic heterocycles. The highest BCUT2D eigenvalue weighted by Gasteiger charge is 2.33. The van der Waals surface area contributed by atoms with Crippen LogP contribution in [0.4, 0.5) is 0 Å². The molecular weight excluding hydrogens is 292 g/mol. The smallest absolute Gasteiger partial charge is 0.305 e. The van der Waals surface area contributed by atoms with Crippen molar-refractivity contribution in [1.29, 1.82) is 0 Å². The van der Waals surface area contributed by atoms with E-state index in [9.17, 15) is 4.79 Å². The van der Waals surface area contributed by atoms with Gasteiger partial charge in [0.2, 0.25) is 0 Å². The van der Waals surface area contributed by atoms with E-state index >= 15 is 0 Å². The lowest BCUT2D eigenvalue weighted by Gasteiger charge is -2.35. The molecule has 1 aromatic carbocycles. The lowest BCUT2D eigenvalue weighted by Crippen LogP contribution is -2.22. The minimum absolute atomic E-state index is 0.144. The van der Waals surface area contributed by atoms with E-state index in [1.165, 1.54) is 18.2 Å². The number of hydrogen-bond acceptors (Lipinski definition) is 4. The summed E-state index contributed by atoms with van der Waals surface area (Å²) in [4.78, 5) is 11.7. The van der Waals surface area contributed by atoms with Crippen molar-refractivity contribution >= 4 is 5.97 Å². The first kappa shape index (κ1) is 17.6. The standard InChI is InChI=1S/C19H28O4/c1-11-7-8-14(12(2)10-16(20)21-4)15-9-13(3)18(22-5)19(23-6)17(11)15/h9,11-12,14H,7-8,10H2,1-6H3/t11-,12-,14-/m0/s1. The average molecular weight is 320 g/mol. The van der Waals surface area contributed by atoms with Crippen molar-refractivity contribution in [2.24, 2.45) is 5.92 Å². The maximum Gasteiger partial charge on any atom is 0.305 e. The number of ether oxygens (including phenoxy) is 3. The highest BCUT2D eigenvalue weighted by molar-refractivity contribution is 5.69. The summed E-state index contributed by atoms with van der Waals surface area (Å²) in [6.45, 7) is 6.41. The highest BCUT2D eigenvalue weighted by atomic mass is 16.5. The third-order valence-corrected chi connectivity index (χ3v) is 5.11. The van der Waals surface area contributed by atoms with Gasteiger partial charge in [0.25, 0.3) is 0 Å². The molecule has 0 N–H and O–H groups in total.